The van der Waals surface area contributed by atoms with Crippen LogP contribution < -0.4 is 4.90 Å². The molecule has 0 saturated carbocycles. The van der Waals surface area contributed by atoms with Gasteiger partial charge < -0.3 is 14.5 Å². The third kappa shape index (κ3) is 5.79. The molecule has 2 aliphatic rings. The molecule has 158 valence electrons. The standard InChI is InChI=1S/C22H37IN4O/c1-16-12-21(2,3)13-26(6)8-7-17(16)18-11-19(25-20(23)24-18)27-9-10-28-15-22(4,5)14-27/h11,16-17H,7-10,12-15H2,1-6H3/t16-,17?/m1/s1. The van der Waals surface area contributed by atoms with E-state index in [1.165, 1.54) is 18.7 Å². The quantitative estimate of drug-likeness (QED) is 0.445. The maximum Gasteiger partial charge on any atom is 0.192 e. The Labute approximate surface area is 184 Å². The highest BCUT2D eigenvalue weighted by atomic mass is 127. The van der Waals surface area contributed by atoms with E-state index in [9.17, 15) is 0 Å². The predicted octanol–water partition coefficient (Wildman–Crippen LogP) is 4.42. The van der Waals surface area contributed by atoms with E-state index in [0.717, 1.165) is 48.9 Å². The molecule has 0 aliphatic carbocycles. The largest absolute Gasteiger partial charge is 0.379 e. The van der Waals surface area contributed by atoms with Gasteiger partial charge in [-0.3, -0.25) is 0 Å². The lowest BCUT2D eigenvalue weighted by atomic mass is 9.74. The first-order valence-electron chi connectivity index (χ1n) is 10.6. The van der Waals surface area contributed by atoms with Crippen LogP contribution >= 0.6 is 22.6 Å². The van der Waals surface area contributed by atoms with E-state index in [4.69, 9.17) is 14.7 Å². The summed E-state index contributed by atoms with van der Waals surface area (Å²) < 4.78 is 6.68. The van der Waals surface area contributed by atoms with E-state index >= 15 is 0 Å². The first-order valence-corrected chi connectivity index (χ1v) is 11.7. The molecule has 0 N–H and O–H groups in total. The van der Waals surface area contributed by atoms with Crippen molar-refractivity contribution in [2.45, 2.75) is 53.4 Å². The van der Waals surface area contributed by atoms with Crippen molar-refractivity contribution in [3.8, 4) is 0 Å². The number of likely N-dealkylation sites (tertiary alicyclic amines) is 1. The van der Waals surface area contributed by atoms with Crippen LogP contribution in [0.5, 0.6) is 0 Å². The number of rotatable bonds is 2. The lowest BCUT2D eigenvalue weighted by Crippen LogP contribution is -2.38. The second kappa shape index (κ2) is 8.72. The molecule has 0 radical (unpaired) electrons. The summed E-state index contributed by atoms with van der Waals surface area (Å²) in [6, 6.07) is 2.26. The highest BCUT2D eigenvalue weighted by Gasteiger charge is 2.33. The van der Waals surface area contributed by atoms with Gasteiger partial charge >= 0.3 is 0 Å². The van der Waals surface area contributed by atoms with E-state index in [0.29, 0.717) is 17.3 Å². The molecule has 0 bridgehead atoms. The highest BCUT2D eigenvalue weighted by Crippen LogP contribution is 2.39. The van der Waals surface area contributed by atoms with Gasteiger partial charge in [-0.25, -0.2) is 9.97 Å². The van der Waals surface area contributed by atoms with Crippen LogP contribution in [-0.2, 0) is 4.74 Å². The first-order chi connectivity index (χ1) is 13.0. The van der Waals surface area contributed by atoms with Gasteiger partial charge in [-0.2, -0.15) is 0 Å². The molecule has 2 atom stereocenters. The van der Waals surface area contributed by atoms with Crippen molar-refractivity contribution in [3.63, 3.8) is 0 Å². The molecule has 1 aromatic heterocycles. The van der Waals surface area contributed by atoms with Crippen LogP contribution in [0.2, 0.25) is 0 Å². The molecule has 2 fully saturated rings. The van der Waals surface area contributed by atoms with Gasteiger partial charge in [0, 0.05) is 59.6 Å². The second-order valence-electron chi connectivity index (χ2n) is 10.5. The summed E-state index contributed by atoms with van der Waals surface area (Å²) in [4.78, 5) is 14.6. The van der Waals surface area contributed by atoms with E-state index in [1.54, 1.807) is 0 Å². The highest BCUT2D eigenvalue weighted by molar-refractivity contribution is 14.1. The zero-order valence-corrected chi connectivity index (χ0v) is 20.6. The topological polar surface area (TPSA) is 41.5 Å². The summed E-state index contributed by atoms with van der Waals surface area (Å²) in [5, 5.41) is 0. The maximum atomic E-state index is 5.83. The molecule has 0 spiro atoms. The third-order valence-corrected chi connectivity index (χ3v) is 6.59. The predicted molar refractivity (Wildman–Crippen MR) is 124 cm³/mol. The Morgan fingerprint density at radius 1 is 1.11 bits per heavy atom. The Bertz CT molecular complexity index is 679. The summed E-state index contributed by atoms with van der Waals surface area (Å²) in [6.07, 6.45) is 2.39. The minimum Gasteiger partial charge on any atom is -0.379 e. The van der Waals surface area contributed by atoms with E-state index in [2.05, 4.69) is 80.1 Å². The SMILES string of the molecule is C[C@@H]1CC(C)(C)CN(C)CCC1c1cc(N2CCOCC(C)(C)C2)nc(I)n1. The summed E-state index contributed by atoms with van der Waals surface area (Å²) in [7, 11) is 2.25. The molecule has 1 unspecified atom stereocenters. The Balaban J connectivity index is 1.89. The van der Waals surface area contributed by atoms with Gasteiger partial charge in [0.15, 0.2) is 3.83 Å². The number of aromatic nitrogens is 2. The number of hydrogen-bond acceptors (Lipinski definition) is 5. The van der Waals surface area contributed by atoms with Gasteiger partial charge in [-0.1, -0.05) is 34.6 Å². The number of hydrogen-bond donors (Lipinski definition) is 0. The molecule has 28 heavy (non-hydrogen) atoms. The van der Waals surface area contributed by atoms with Crippen molar-refractivity contribution in [2.75, 3.05) is 51.3 Å². The number of nitrogens with zero attached hydrogens (tertiary/aromatic N) is 4. The van der Waals surface area contributed by atoms with Crippen molar-refractivity contribution in [2.24, 2.45) is 16.7 Å². The summed E-state index contributed by atoms with van der Waals surface area (Å²) in [5.41, 5.74) is 1.69. The lowest BCUT2D eigenvalue weighted by molar-refractivity contribution is 0.0893. The molecule has 2 aliphatic heterocycles. The van der Waals surface area contributed by atoms with Crippen molar-refractivity contribution in [1.82, 2.24) is 14.9 Å². The van der Waals surface area contributed by atoms with Crippen molar-refractivity contribution in [3.05, 3.63) is 15.6 Å². The van der Waals surface area contributed by atoms with Gasteiger partial charge in [-0.15, -0.1) is 0 Å². The Morgan fingerprint density at radius 3 is 2.61 bits per heavy atom. The van der Waals surface area contributed by atoms with Crippen LogP contribution in [0.1, 0.15) is 59.1 Å². The molecule has 1 aromatic rings. The fourth-order valence-electron chi connectivity index (χ4n) is 5.11. The lowest BCUT2D eigenvalue weighted by Gasteiger charge is -2.39. The Kier molecular flexibility index (Phi) is 6.92. The molecular formula is C22H37IN4O. The van der Waals surface area contributed by atoms with Crippen molar-refractivity contribution >= 4 is 28.4 Å². The fourth-order valence-corrected chi connectivity index (χ4v) is 5.63. The Hall–Kier alpha value is -0.470. The molecule has 6 heteroatoms. The van der Waals surface area contributed by atoms with E-state index in [-0.39, 0.29) is 5.41 Å². The number of ether oxygens (including phenoxy) is 1. The molecule has 2 saturated heterocycles. The number of halogens is 1. The molecule has 5 nitrogen and oxygen atoms in total. The monoisotopic (exact) mass is 500 g/mol. The third-order valence-electron chi connectivity index (χ3n) is 6.11. The smallest absolute Gasteiger partial charge is 0.192 e. The van der Waals surface area contributed by atoms with Gasteiger partial charge in [0.2, 0.25) is 0 Å². The minimum atomic E-state index is 0.132. The second-order valence-corrected chi connectivity index (χ2v) is 11.5. The van der Waals surface area contributed by atoms with Gasteiger partial charge in [0.1, 0.15) is 5.82 Å². The average Bonchev–Trinajstić information content (AvgIpc) is 2.73. The zero-order chi connectivity index (χ0) is 20.5. The van der Waals surface area contributed by atoms with Gasteiger partial charge in [0.25, 0.3) is 0 Å². The maximum absolute atomic E-state index is 5.83. The van der Waals surface area contributed by atoms with Crippen LogP contribution in [0.3, 0.4) is 0 Å². The number of anilines is 1. The van der Waals surface area contributed by atoms with Crippen LogP contribution in [0.15, 0.2) is 6.07 Å². The van der Waals surface area contributed by atoms with Crippen LogP contribution in [-0.4, -0.2) is 61.3 Å². The van der Waals surface area contributed by atoms with Crippen molar-refractivity contribution < 1.29 is 4.74 Å². The van der Waals surface area contributed by atoms with Gasteiger partial charge in [0.05, 0.1) is 18.9 Å². The van der Waals surface area contributed by atoms with Gasteiger partial charge in [-0.05, 0) is 37.8 Å². The minimum absolute atomic E-state index is 0.132. The van der Waals surface area contributed by atoms with Crippen LogP contribution in [0, 0.1) is 20.6 Å². The summed E-state index contributed by atoms with van der Waals surface area (Å²) >= 11 is 2.29. The Morgan fingerprint density at radius 2 is 1.86 bits per heavy atom. The molecule has 0 amide bonds. The molecule has 0 aromatic carbocycles. The molecule has 3 rings (SSSR count). The average molecular weight is 500 g/mol. The van der Waals surface area contributed by atoms with E-state index in [1.807, 2.05) is 0 Å². The van der Waals surface area contributed by atoms with Crippen molar-refractivity contribution in [1.29, 1.82) is 0 Å². The summed E-state index contributed by atoms with van der Waals surface area (Å²) in [5.74, 6) is 2.16. The molecule has 3 heterocycles. The zero-order valence-electron chi connectivity index (χ0n) is 18.5. The fraction of sp³-hybridized carbons (Fsp3) is 0.818. The van der Waals surface area contributed by atoms with Crippen LogP contribution in [0.25, 0.3) is 0 Å². The molecular weight excluding hydrogens is 463 g/mol. The first kappa shape index (κ1) is 22.2. The normalized spacial score (nSPS) is 29.0. The van der Waals surface area contributed by atoms with E-state index < -0.39 is 0 Å². The summed E-state index contributed by atoms with van der Waals surface area (Å²) in [6.45, 7) is 17.5. The van der Waals surface area contributed by atoms with Crippen LogP contribution in [0.4, 0.5) is 5.82 Å².